The van der Waals surface area contributed by atoms with Crippen molar-refractivity contribution in [2.24, 2.45) is 17.6 Å². The highest BCUT2D eigenvalue weighted by Crippen LogP contribution is 2.10. The molecule has 0 fully saturated rings. The van der Waals surface area contributed by atoms with E-state index in [0.29, 0.717) is 5.56 Å². The summed E-state index contributed by atoms with van der Waals surface area (Å²) in [6, 6.07) is 3.82. The fourth-order valence-corrected chi connectivity index (χ4v) is 3.91. The molecule has 0 bridgehead atoms. The number of hydrogen-bond acceptors (Lipinski definition) is 7. The maximum Gasteiger partial charge on any atom is 0.326 e. The van der Waals surface area contributed by atoms with Crippen molar-refractivity contribution >= 4 is 35.6 Å². The Morgan fingerprint density at radius 2 is 1.15 bits per heavy atom. The highest BCUT2D eigenvalue weighted by Gasteiger charge is 2.32. The molecule has 40 heavy (non-hydrogen) atoms. The highest BCUT2D eigenvalue weighted by molar-refractivity contribution is 5.95. The van der Waals surface area contributed by atoms with E-state index in [9.17, 15) is 33.9 Å². The van der Waals surface area contributed by atoms with Gasteiger partial charge in [-0.1, -0.05) is 58.0 Å². The second kappa shape index (κ2) is 16.9. The Labute approximate surface area is 233 Å². The molecule has 0 aliphatic carbocycles. The van der Waals surface area contributed by atoms with E-state index in [1.165, 1.54) is 0 Å². The van der Waals surface area contributed by atoms with Gasteiger partial charge in [0.25, 0.3) is 0 Å². The standard InChI is InChI=1S/C27H41N5O8/c1-15(2)10-18(29-22(33)14-28)24(36)31-20(12-17-8-6-5-7-9-17)26(38)30-19(11-16(3)4)25(37)32-21(27(39)40)13-23(34)35/h5-9,15-16,18-21H,10-14,28H2,1-4H3,(H,29,33)(H,30,38)(H,31,36)(H,32,37)(H,34,35)(H,39,40)/t18-,19-,20-,21-/m0/s1. The van der Waals surface area contributed by atoms with Gasteiger partial charge in [0.1, 0.15) is 24.2 Å². The van der Waals surface area contributed by atoms with E-state index in [4.69, 9.17) is 10.8 Å². The largest absolute Gasteiger partial charge is 0.481 e. The van der Waals surface area contributed by atoms with Crippen LogP contribution in [0.1, 0.15) is 52.5 Å². The molecule has 0 spiro atoms. The molecule has 0 aromatic heterocycles. The monoisotopic (exact) mass is 563 g/mol. The second-order valence-corrected chi connectivity index (χ2v) is 10.4. The Hall–Kier alpha value is -4.00. The molecule has 0 aliphatic heterocycles. The van der Waals surface area contributed by atoms with E-state index < -0.39 is 66.2 Å². The quantitative estimate of drug-likeness (QED) is 0.133. The summed E-state index contributed by atoms with van der Waals surface area (Å²) >= 11 is 0. The average Bonchev–Trinajstić information content (AvgIpc) is 2.86. The van der Waals surface area contributed by atoms with Crippen molar-refractivity contribution in [1.82, 2.24) is 21.3 Å². The van der Waals surface area contributed by atoms with E-state index in [0.717, 1.165) is 0 Å². The van der Waals surface area contributed by atoms with Crippen LogP contribution in [0.2, 0.25) is 0 Å². The molecule has 222 valence electrons. The number of aliphatic carboxylic acids is 2. The fourth-order valence-electron chi connectivity index (χ4n) is 3.91. The van der Waals surface area contributed by atoms with Crippen LogP contribution in [-0.4, -0.2) is 76.5 Å². The van der Waals surface area contributed by atoms with Crippen molar-refractivity contribution in [2.75, 3.05) is 6.54 Å². The summed E-state index contributed by atoms with van der Waals surface area (Å²) in [5, 5.41) is 28.3. The van der Waals surface area contributed by atoms with Gasteiger partial charge in [-0.15, -0.1) is 0 Å². The van der Waals surface area contributed by atoms with Gasteiger partial charge in [-0.25, -0.2) is 4.79 Å². The highest BCUT2D eigenvalue weighted by atomic mass is 16.4. The molecular weight excluding hydrogens is 522 g/mol. The minimum absolute atomic E-state index is 0.0299. The van der Waals surface area contributed by atoms with Gasteiger partial charge < -0.3 is 37.2 Å². The van der Waals surface area contributed by atoms with Crippen molar-refractivity contribution in [1.29, 1.82) is 0 Å². The van der Waals surface area contributed by atoms with E-state index in [1.807, 2.05) is 13.8 Å². The zero-order valence-corrected chi connectivity index (χ0v) is 23.3. The van der Waals surface area contributed by atoms with Gasteiger partial charge in [-0.2, -0.15) is 0 Å². The van der Waals surface area contributed by atoms with Crippen LogP contribution in [0, 0.1) is 11.8 Å². The van der Waals surface area contributed by atoms with Crippen molar-refractivity contribution in [2.45, 2.75) is 77.5 Å². The number of carboxylic acids is 2. The zero-order valence-electron chi connectivity index (χ0n) is 23.3. The number of carboxylic acid groups (broad SMARTS) is 2. The Balaban J connectivity index is 3.23. The Morgan fingerprint density at radius 3 is 1.60 bits per heavy atom. The molecule has 1 rings (SSSR count). The van der Waals surface area contributed by atoms with Crippen LogP contribution < -0.4 is 27.0 Å². The molecule has 0 saturated heterocycles. The normalized spacial score (nSPS) is 14.0. The predicted octanol–water partition coefficient (Wildman–Crippen LogP) is -0.221. The number of carbonyl (C=O) groups is 6. The lowest BCUT2D eigenvalue weighted by molar-refractivity contribution is -0.147. The topological polar surface area (TPSA) is 217 Å². The van der Waals surface area contributed by atoms with Crippen molar-refractivity contribution in [3.05, 3.63) is 35.9 Å². The number of carbonyl (C=O) groups excluding carboxylic acids is 4. The van der Waals surface area contributed by atoms with Gasteiger partial charge in [-0.05, 0) is 30.2 Å². The summed E-state index contributed by atoms with van der Waals surface area (Å²) in [6.45, 7) is 7.00. The first kappa shape index (κ1) is 34.0. The van der Waals surface area contributed by atoms with Crippen molar-refractivity contribution in [3.8, 4) is 0 Å². The smallest absolute Gasteiger partial charge is 0.326 e. The third-order valence-electron chi connectivity index (χ3n) is 5.79. The molecule has 0 unspecified atom stereocenters. The molecule has 13 nitrogen and oxygen atoms in total. The van der Waals surface area contributed by atoms with E-state index in [2.05, 4.69) is 21.3 Å². The number of nitrogens with two attached hydrogens (primary N) is 1. The molecule has 0 radical (unpaired) electrons. The Morgan fingerprint density at radius 1 is 0.700 bits per heavy atom. The van der Waals surface area contributed by atoms with Gasteiger partial charge in [0.15, 0.2) is 0 Å². The molecule has 1 aromatic carbocycles. The molecule has 0 saturated carbocycles. The molecule has 13 heteroatoms. The maximum absolute atomic E-state index is 13.5. The number of amides is 4. The van der Waals surface area contributed by atoms with E-state index in [-0.39, 0.29) is 37.6 Å². The first-order chi connectivity index (χ1) is 18.7. The fraction of sp³-hybridized carbons (Fsp3) is 0.556. The lowest BCUT2D eigenvalue weighted by Gasteiger charge is -2.27. The van der Waals surface area contributed by atoms with Gasteiger partial charge in [-0.3, -0.25) is 24.0 Å². The Bertz CT molecular complexity index is 1030. The summed E-state index contributed by atoms with van der Waals surface area (Å²) in [5.74, 6) is -5.75. The summed E-state index contributed by atoms with van der Waals surface area (Å²) in [5.41, 5.74) is 6.10. The molecule has 0 heterocycles. The first-order valence-corrected chi connectivity index (χ1v) is 13.1. The van der Waals surface area contributed by atoms with Crippen LogP contribution in [0.15, 0.2) is 30.3 Å². The number of rotatable bonds is 17. The van der Waals surface area contributed by atoms with Gasteiger partial charge in [0, 0.05) is 6.42 Å². The van der Waals surface area contributed by atoms with Gasteiger partial charge in [0.2, 0.25) is 23.6 Å². The maximum atomic E-state index is 13.5. The minimum Gasteiger partial charge on any atom is -0.481 e. The van der Waals surface area contributed by atoms with E-state index >= 15 is 0 Å². The van der Waals surface area contributed by atoms with Crippen LogP contribution in [-0.2, 0) is 35.2 Å². The Kier molecular flexibility index (Phi) is 14.3. The molecule has 0 aliphatic rings. The SMILES string of the molecule is CC(C)C[C@H](NC(=O)CN)C(=O)N[C@@H](Cc1ccccc1)C(=O)N[C@@H](CC(C)C)C(=O)N[C@@H](CC(=O)O)C(=O)O. The number of hydrogen-bond donors (Lipinski definition) is 7. The lowest BCUT2D eigenvalue weighted by atomic mass is 9.99. The molecular formula is C27H41N5O8. The molecule has 8 N–H and O–H groups in total. The summed E-state index contributed by atoms with van der Waals surface area (Å²) < 4.78 is 0. The first-order valence-electron chi connectivity index (χ1n) is 13.1. The van der Waals surface area contributed by atoms with Crippen LogP contribution in [0.5, 0.6) is 0 Å². The van der Waals surface area contributed by atoms with Crippen LogP contribution in [0.4, 0.5) is 0 Å². The van der Waals surface area contributed by atoms with Crippen LogP contribution in [0.3, 0.4) is 0 Å². The lowest BCUT2D eigenvalue weighted by Crippen LogP contribution is -2.58. The van der Waals surface area contributed by atoms with Crippen LogP contribution in [0.25, 0.3) is 0 Å². The number of benzene rings is 1. The third kappa shape index (κ3) is 12.7. The summed E-state index contributed by atoms with van der Waals surface area (Å²) in [7, 11) is 0. The number of nitrogens with one attached hydrogen (secondary N) is 4. The minimum atomic E-state index is -1.70. The summed E-state index contributed by atoms with van der Waals surface area (Å²) in [4.78, 5) is 74.1. The predicted molar refractivity (Wildman–Crippen MR) is 146 cm³/mol. The van der Waals surface area contributed by atoms with E-state index in [1.54, 1.807) is 44.2 Å². The molecule has 4 atom stereocenters. The van der Waals surface area contributed by atoms with Crippen LogP contribution >= 0.6 is 0 Å². The zero-order chi connectivity index (χ0) is 30.4. The summed E-state index contributed by atoms with van der Waals surface area (Å²) in [6.07, 6.45) is -0.381. The third-order valence-corrected chi connectivity index (χ3v) is 5.79. The average molecular weight is 564 g/mol. The van der Waals surface area contributed by atoms with Gasteiger partial charge >= 0.3 is 11.9 Å². The van der Waals surface area contributed by atoms with Crippen molar-refractivity contribution < 1.29 is 39.0 Å². The molecule has 4 amide bonds. The van der Waals surface area contributed by atoms with Gasteiger partial charge in [0.05, 0.1) is 13.0 Å². The molecule has 1 aromatic rings. The van der Waals surface area contributed by atoms with Crippen molar-refractivity contribution in [3.63, 3.8) is 0 Å². The second-order valence-electron chi connectivity index (χ2n) is 10.4.